The maximum atomic E-state index is 9.96. The van der Waals surface area contributed by atoms with Gasteiger partial charge in [-0.3, -0.25) is 0 Å². The smallest absolute Gasteiger partial charge is 0.119 e. The Morgan fingerprint density at radius 2 is 2.13 bits per heavy atom. The van der Waals surface area contributed by atoms with E-state index in [0.717, 1.165) is 0 Å². The molecule has 0 aromatic heterocycles. The summed E-state index contributed by atoms with van der Waals surface area (Å²) >= 11 is 0. The van der Waals surface area contributed by atoms with Crippen LogP contribution < -0.4 is 4.74 Å². The molecular formula is C12H18O3. The fraction of sp³-hybridized carbons (Fsp3) is 0.500. The number of aliphatic hydroxyl groups excluding tert-OH is 1. The Kier molecular flexibility index (Phi) is 3.72. The van der Waals surface area contributed by atoms with Gasteiger partial charge in [0.05, 0.1) is 12.7 Å². The van der Waals surface area contributed by atoms with Crippen molar-refractivity contribution in [1.82, 2.24) is 0 Å². The van der Waals surface area contributed by atoms with Crippen LogP contribution in [0.1, 0.15) is 31.9 Å². The van der Waals surface area contributed by atoms with Crippen LogP contribution >= 0.6 is 0 Å². The zero-order chi connectivity index (χ0) is 11.5. The normalized spacial score (nSPS) is 16.9. The molecule has 2 atom stereocenters. The minimum atomic E-state index is -1.10. The van der Waals surface area contributed by atoms with E-state index in [9.17, 15) is 10.2 Å². The zero-order valence-electron chi connectivity index (χ0n) is 9.40. The molecule has 3 nitrogen and oxygen atoms in total. The summed E-state index contributed by atoms with van der Waals surface area (Å²) < 4.78 is 5.06. The first-order valence-corrected chi connectivity index (χ1v) is 5.05. The summed E-state index contributed by atoms with van der Waals surface area (Å²) in [6.07, 6.45) is -0.400. The molecule has 15 heavy (non-hydrogen) atoms. The zero-order valence-corrected chi connectivity index (χ0v) is 9.40. The lowest BCUT2D eigenvalue weighted by Crippen LogP contribution is -2.31. The van der Waals surface area contributed by atoms with Crippen molar-refractivity contribution in [2.24, 2.45) is 0 Å². The van der Waals surface area contributed by atoms with Crippen molar-refractivity contribution < 1.29 is 14.9 Å². The van der Waals surface area contributed by atoms with Gasteiger partial charge in [0.15, 0.2) is 0 Å². The monoisotopic (exact) mass is 210 g/mol. The lowest BCUT2D eigenvalue weighted by molar-refractivity contribution is -0.0659. The molecule has 2 unspecified atom stereocenters. The average molecular weight is 210 g/mol. The van der Waals surface area contributed by atoms with E-state index in [2.05, 4.69) is 0 Å². The molecule has 0 saturated heterocycles. The van der Waals surface area contributed by atoms with Gasteiger partial charge in [0.25, 0.3) is 0 Å². The van der Waals surface area contributed by atoms with E-state index in [1.807, 2.05) is 6.92 Å². The van der Waals surface area contributed by atoms with Gasteiger partial charge in [0, 0.05) is 0 Å². The first kappa shape index (κ1) is 12.0. The molecule has 0 aliphatic heterocycles. The number of hydrogen-bond donors (Lipinski definition) is 2. The van der Waals surface area contributed by atoms with Gasteiger partial charge in [-0.2, -0.15) is 0 Å². The average Bonchev–Trinajstić information content (AvgIpc) is 2.28. The van der Waals surface area contributed by atoms with E-state index >= 15 is 0 Å². The third-order valence-corrected chi connectivity index (χ3v) is 2.71. The summed E-state index contributed by atoms with van der Waals surface area (Å²) in [6.45, 7) is 3.46. The molecule has 1 aromatic carbocycles. The highest BCUT2D eigenvalue weighted by Crippen LogP contribution is 2.29. The lowest BCUT2D eigenvalue weighted by atomic mass is 9.90. The Labute approximate surface area is 90.3 Å². The number of ether oxygens (including phenoxy) is 1. The van der Waals surface area contributed by atoms with Crippen LogP contribution in [0, 0.1) is 0 Å². The molecule has 0 fully saturated rings. The predicted octanol–water partition coefficient (Wildman–Crippen LogP) is 1.89. The Bertz CT molecular complexity index is 320. The van der Waals surface area contributed by atoms with Crippen molar-refractivity contribution in [3.05, 3.63) is 29.8 Å². The minimum absolute atomic E-state index is 0.491. The second-order valence-corrected chi connectivity index (χ2v) is 3.89. The highest BCUT2D eigenvalue weighted by molar-refractivity contribution is 5.30. The number of benzene rings is 1. The van der Waals surface area contributed by atoms with Crippen molar-refractivity contribution >= 4 is 0 Å². The first-order valence-electron chi connectivity index (χ1n) is 5.05. The summed E-state index contributed by atoms with van der Waals surface area (Å²) in [6, 6.07) is 7.10. The molecule has 1 rings (SSSR count). The molecule has 0 amide bonds. The molecule has 3 heteroatoms. The third kappa shape index (κ3) is 2.70. The summed E-state index contributed by atoms with van der Waals surface area (Å²) in [4.78, 5) is 0. The molecule has 84 valence electrons. The summed E-state index contributed by atoms with van der Waals surface area (Å²) in [5, 5.41) is 19.9. The number of methoxy groups -OCH3 is 1. The van der Waals surface area contributed by atoms with Crippen molar-refractivity contribution in [2.45, 2.75) is 32.0 Å². The summed E-state index contributed by atoms with van der Waals surface area (Å²) in [5.41, 5.74) is -0.437. The highest BCUT2D eigenvalue weighted by atomic mass is 16.5. The van der Waals surface area contributed by atoms with Crippen molar-refractivity contribution in [2.75, 3.05) is 7.11 Å². The van der Waals surface area contributed by atoms with Crippen LogP contribution in [0.25, 0.3) is 0 Å². The van der Waals surface area contributed by atoms with E-state index in [1.54, 1.807) is 38.3 Å². The number of rotatable bonds is 4. The van der Waals surface area contributed by atoms with Crippen LogP contribution in [-0.4, -0.2) is 22.9 Å². The molecule has 0 saturated carbocycles. The van der Waals surface area contributed by atoms with Gasteiger partial charge in [-0.25, -0.2) is 0 Å². The summed E-state index contributed by atoms with van der Waals surface area (Å²) in [7, 11) is 1.57. The lowest BCUT2D eigenvalue weighted by Gasteiger charge is -2.28. The fourth-order valence-corrected chi connectivity index (χ4v) is 1.36. The Morgan fingerprint density at radius 1 is 1.47 bits per heavy atom. The molecule has 0 aliphatic carbocycles. The maximum Gasteiger partial charge on any atom is 0.119 e. The van der Waals surface area contributed by atoms with E-state index in [1.165, 1.54) is 0 Å². The predicted molar refractivity (Wildman–Crippen MR) is 58.9 cm³/mol. The van der Waals surface area contributed by atoms with E-state index in [-0.39, 0.29) is 0 Å². The van der Waals surface area contributed by atoms with Crippen molar-refractivity contribution in [3.8, 4) is 5.75 Å². The second kappa shape index (κ2) is 4.64. The SMILES string of the molecule is CCC(C)(O)C(O)c1cccc(OC)c1. The van der Waals surface area contributed by atoms with E-state index in [0.29, 0.717) is 17.7 Å². The van der Waals surface area contributed by atoms with Gasteiger partial charge in [-0.1, -0.05) is 19.1 Å². The molecule has 1 aromatic rings. The molecule has 0 spiro atoms. The minimum Gasteiger partial charge on any atom is -0.497 e. The van der Waals surface area contributed by atoms with Gasteiger partial charge < -0.3 is 14.9 Å². The largest absolute Gasteiger partial charge is 0.497 e. The molecule has 0 heterocycles. The van der Waals surface area contributed by atoms with E-state index in [4.69, 9.17) is 4.74 Å². The molecule has 0 aliphatic rings. The number of aliphatic hydroxyl groups is 2. The Hall–Kier alpha value is -1.06. The Morgan fingerprint density at radius 3 is 2.67 bits per heavy atom. The van der Waals surface area contributed by atoms with Crippen LogP contribution in [-0.2, 0) is 0 Å². The van der Waals surface area contributed by atoms with Crippen LogP contribution in [0.2, 0.25) is 0 Å². The fourth-order valence-electron chi connectivity index (χ4n) is 1.36. The standard InChI is InChI=1S/C12H18O3/c1-4-12(2,14)11(13)9-6-5-7-10(8-9)15-3/h5-8,11,13-14H,4H2,1-3H3. The molecule has 2 N–H and O–H groups in total. The third-order valence-electron chi connectivity index (χ3n) is 2.71. The van der Waals surface area contributed by atoms with Crippen LogP contribution in [0.4, 0.5) is 0 Å². The maximum absolute atomic E-state index is 9.96. The van der Waals surface area contributed by atoms with Gasteiger partial charge in [-0.15, -0.1) is 0 Å². The highest BCUT2D eigenvalue weighted by Gasteiger charge is 2.29. The molecular weight excluding hydrogens is 192 g/mol. The number of hydrogen-bond acceptors (Lipinski definition) is 3. The first-order chi connectivity index (χ1) is 7.01. The van der Waals surface area contributed by atoms with Gasteiger partial charge in [0.1, 0.15) is 11.9 Å². The van der Waals surface area contributed by atoms with Crippen molar-refractivity contribution in [3.63, 3.8) is 0 Å². The molecule has 0 bridgehead atoms. The van der Waals surface area contributed by atoms with Crippen LogP contribution in [0.5, 0.6) is 5.75 Å². The summed E-state index contributed by atoms with van der Waals surface area (Å²) in [5.74, 6) is 0.679. The van der Waals surface area contributed by atoms with E-state index < -0.39 is 11.7 Å². The van der Waals surface area contributed by atoms with Gasteiger partial charge >= 0.3 is 0 Å². The molecule has 0 radical (unpaired) electrons. The van der Waals surface area contributed by atoms with Crippen LogP contribution in [0.15, 0.2) is 24.3 Å². The quantitative estimate of drug-likeness (QED) is 0.797. The van der Waals surface area contributed by atoms with Gasteiger partial charge in [0.2, 0.25) is 0 Å². The topological polar surface area (TPSA) is 49.7 Å². The van der Waals surface area contributed by atoms with Crippen molar-refractivity contribution in [1.29, 1.82) is 0 Å². The van der Waals surface area contributed by atoms with Crippen LogP contribution in [0.3, 0.4) is 0 Å². The second-order valence-electron chi connectivity index (χ2n) is 3.89. The Balaban J connectivity index is 2.95. The van der Waals surface area contributed by atoms with Gasteiger partial charge in [-0.05, 0) is 31.0 Å².